The van der Waals surface area contributed by atoms with Crippen molar-refractivity contribution < 1.29 is 75.8 Å². The lowest BCUT2D eigenvalue weighted by Gasteiger charge is -2.21. The fourth-order valence-corrected chi connectivity index (χ4v) is 11.8. The lowest BCUT2D eigenvalue weighted by molar-refractivity contribution is -0.161. The first-order chi connectivity index (χ1) is 50.2. The molecular weight excluding hydrogens is 1340 g/mol. The van der Waals surface area contributed by atoms with Gasteiger partial charge in [0.2, 0.25) is 0 Å². The predicted molar refractivity (Wildman–Crippen MR) is 426 cm³/mol. The van der Waals surface area contributed by atoms with E-state index in [-0.39, 0.29) is 19.3 Å². The van der Waals surface area contributed by atoms with Gasteiger partial charge in [0, 0.05) is 19.3 Å². The Morgan fingerprint density at radius 1 is 0.282 bits per heavy atom. The molecule has 0 amide bonds. The van der Waals surface area contributed by atoms with Gasteiger partial charge in [0.15, 0.2) is 6.10 Å². The zero-order chi connectivity index (χ0) is 75.2. The van der Waals surface area contributed by atoms with E-state index in [2.05, 4.69) is 167 Å². The second kappa shape index (κ2) is 76.8. The summed E-state index contributed by atoms with van der Waals surface area (Å²) in [4.78, 5) is 58.6. The van der Waals surface area contributed by atoms with Crippen molar-refractivity contribution >= 4 is 33.6 Å². The van der Waals surface area contributed by atoms with E-state index in [0.29, 0.717) is 25.7 Å². The Morgan fingerprint density at radius 3 is 0.845 bits per heavy atom. The van der Waals surface area contributed by atoms with E-state index >= 15 is 0 Å². The summed E-state index contributed by atoms with van der Waals surface area (Å²) in [5.41, 5.74) is 0. The lowest BCUT2D eigenvalue weighted by Crippen LogP contribution is -2.30. The van der Waals surface area contributed by atoms with E-state index in [1.165, 1.54) is 103 Å². The molecular formula is C85H142O16P2. The lowest BCUT2D eigenvalue weighted by atomic mass is 10.0. The van der Waals surface area contributed by atoms with Crippen molar-refractivity contribution in [3.8, 4) is 0 Å². The molecule has 0 spiro atoms. The summed E-state index contributed by atoms with van der Waals surface area (Å²) in [6.07, 6.45) is 95.9. The van der Waals surface area contributed by atoms with E-state index in [4.69, 9.17) is 32.3 Å². The van der Waals surface area contributed by atoms with Crippen LogP contribution in [0.1, 0.15) is 303 Å². The zero-order valence-electron chi connectivity index (χ0n) is 64.2. The first-order valence-electron chi connectivity index (χ1n) is 39.8. The van der Waals surface area contributed by atoms with Crippen molar-refractivity contribution in [3.63, 3.8) is 0 Å². The van der Waals surface area contributed by atoms with Gasteiger partial charge in [0.25, 0.3) is 0 Å². The number of carbonyl (C=O) groups is 3. The summed E-state index contributed by atoms with van der Waals surface area (Å²) in [6, 6.07) is 0. The summed E-state index contributed by atoms with van der Waals surface area (Å²) in [6.45, 7) is 2.34. The summed E-state index contributed by atoms with van der Waals surface area (Å²) in [5, 5.41) is 20.6. The minimum absolute atomic E-state index is 0.0179. The molecule has 0 fully saturated rings. The maximum absolute atomic E-state index is 12.9. The van der Waals surface area contributed by atoms with Gasteiger partial charge in [-0.3, -0.25) is 32.5 Å². The van der Waals surface area contributed by atoms with Gasteiger partial charge in [0.1, 0.15) is 25.4 Å². The topological polar surface area (TPSA) is 231 Å². The summed E-state index contributed by atoms with van der Waals surface area (Å²) < 4.78 is 61.1. The summed E-state index contributed by atoms with van der Waals surface area (Å²) in [7, 11) is -9.82. The highest BCUT2D eigenvalue weighted by atomic mass is 31.2. The standard InChI is InChI=1S/C85H142O16P2/c1-4-7-10-13-16-19-22-25-28-31-33-34-35-36-37-38-39-40-41-42-43-44-46-49-50-53-56-59-62-65-68-71-83(88)95-74-80(86)75-97-102(91,92)98-76-81(87)77-99-103(93,94)100-79-82(101-85(90)73-70-67-64-61-58-55-52-47-30-27-24-21-18-15-12-9-6-3)78-96-84(89)72-69-66-63-60-57-54-51-48-45-32-29-26-23-20-17-14-11-8-5-2/h8-9,11-12,16-21,25-30,33-34,36-37,45,48,52,55,61,64,80-82,86-87H,4-7,10,13-15,22-24,31-32,35,38-44,46-47,49-51,53-54,56-60,62-63,65-79H2,1-3H3,(H,91,92)(H,93,94)/b11-8-,12-9-,19-16-,20-17-,21-18-,28-25-,29-26-,30-27-,34-33-,37-36-,48-45-,55-52-,64-61-. The highest BCUT2D eigenvalue weighted by Gasteiger charge is 2.29. The van der Waals surface area contributed by atoms with E-state index in [0.717, 1.165) is 135 Å². The molecule has 5 unspecified atom stereocenters. The van der Waals surface area contributed by atoms with Crippen LogP contribution in [0, 0.1) is 0 Å². The van der Waals surface area contributed by atoms with Crippen molar-refractivity contribution in [3.05, 3.63) is 158 Å². The largest absolute Gasteiger partial charge is 0.472 e. The molecule has 0 radical (unpaired) electrons. The molecule has 0 aliphatic heterocycles. The van der Waals surface area contributed by atoms with Crippen molar-refractivity contribution in [2.75, 3.05) is 39.6 Å². The third kappa shape index (κ3) is 78.1. The summed E-state index contributed by atoms with van der Waals surface area (Å²) >= 11 is 0. The van der Waals surface area contributed by atoms with Crippen LogP contribution in [0.25, 0.3) is 0 Å². The number of rotatable bonds is 74. The molecule has 4 N–H and O–H groups in total. The van der Waals surface area contributed by atoms with Crippen molar-refractivity contribution in [1.29, 1.82) is 0 Å². The van der Waals surface area contributed by atoms with Crippen LogP contribution in [-0.2, 0) is 55.8 Å². The molecule has 0 aromatic heterocycles. The van der Waals surface area contributed by atoms with E-state index in [1.54, 1.807) is 0 Å². The Balaban J connectivity index is 4.55. The van der Waals surface area contributed by atoms with E-state index in [9.17, 15) is 43.5 Å². The fourth-order valence-electron chi connectivity index (χ4n) is 10.2. The van der Waals surface area contributed by atoms with Gasteiger partial charge in [-0.2, -0.15) is 0 Å². The number of esters is 3. The Morgan fingerprint density at radius 2 is 0.524 bits per heavy atom. The number of allylic oxidation sites excluding steroid dienone is 26. The van der Waals surface area contributed by atoms with Gasteiger partial charge in [-0.1, -0.05) is 301 Å². The second-order valence-corrected chi connectivity index (χ2v) is 29.0. The first-order valence-corrected chi connectivity index (χ1v) is 42.8. The monoisotopic (exact) mass is 1480 g/mol. The van der Waals surface area contributed by atoms with Crippen LogP contribution < -0.4 is 0 Å². The smallest absolute Gasteiger partial charge is 0.463 e. The summed E-state index contributed by atoms with van der Waals surface area (Å²) in [5.74, 6) is -1.67. The minimum Gasteiger partial charge on any atom is -0.463 e. The molecule has 0 saturated carbocycles. The minimum atomic E-state index is -4.95. The highest BCUT2D eigenvalue weighted by Crippen LogP contribution is 2.45. The molecule has 16 nitrogen and oxygen atoms in total. The van der Waals surface area contributed by atoms with Crippen LogP contribution in [0.5, 0.6) is 0 Å². The molecule has 103 heavy (non-hydrogen) atoms. The number of hydrogen-bond donors (Lipinski definition) is 4. The molecule has 0 aliphatic rings. The van der Waals surface area contributed by atoms with Crippen LogP contribution >= 0.6 is 15.6 Å². The number of phosphoric ester groups is 2. The van der Waals surface area contributed by atoms with Crippen molar-refractivity contribution in [2.24, 2.45) is 0 Å². The molecule has 0 aromatic carbocycles. The third-order valence-electron chi connectivity index (χ3n) is 16.2. The number of unbranched alkanes of at least 4 members (excludes halogenated alkanes) is 25. The number of phosphoric acid groups is 2. The maximum Gasteiger partial charge on any atom is 0.472 e. The molecule has 18 heteroatoms. The SMILES string of the molecule is CC/C=C\C/C=C\C/C=C\C/C=C\C/C=C\CCCC(=O)OC(COC(=O)CCCCCCCC/C=C\C/C=C\C/C=C\C/C=C\CC)COP(=O)(O)OCC(O)COP(=O)(O)OCC(O)COC(=O)CCCCCCCCCCCCCCCCC/C=C\C/C=C\C/C=C\C/C=C\CCCCC. The van der Waals surface area contributed by atoms with E-state index < -0.39 is 91.5 Å². The van der Waals surface area contributed by atoms with Crippen LogP contribution in [0.15, 0.2) is 158 Å². The molecule has 0 saturated heterocycles. The normalized spacial score (nSPS) is 14.8. The van der Waals surface area contributed by atoms with Crippen LogP contribution in [-0.4, -0.2) is 95.9 Å². The van der Waals surface area contributed by atoms with Gasteiger partial charge in [-0.05, 0) is 141 Å². The molecule has 0 heterocycles. The predicted octanol–water partition coefficient (Wildman–Crippen LogP) is 23.4. The van der Waals surface area contributed by atoms with Crippen molar-refractivity contribution in [2.45, 2.75) is 322 Å². The van der Waals surface area contributed by atoms with Gasteiger partial charge in [-0.15, -0.1) is 0 Å². The molecule has 0 bridgehead atoms. The fraction of sp³-hybridized carbons (Fsp3) is 0.659. The van der Waals surface area contributed by atoms with Gasteiger partial charge in [-0.25, -0.2) is 9.13 Å². The van der Waals surface area contributed by atoms with Gasteiger partial charge in [0.05, 0.1) is 26.4 Å². The van der Waals surface area contributed by atoms with Crippen LogP contribution in [0.4, 0.5) is 0 Å². The third-order valence-corrected chi connectivity index (χ3v) is 18.1. The quantitative estimate of drug-likeness (QED) is 0.0146. The molecule has 588 valence electrons. The number of carbonyl (C=O) groups excluding carboxylic acids is 3. The number of aliphatic hydroxyl groups excluding tert-OH is 2. The molecule has 0 rings (SSSR count). The maximum atomic E-state index is 12.9. The highest BCUT2D eigenvalue weighted by molar-refractivity contribution is 7.47. The Bertz CT molecular complexity index is 2500. The number of ether oxygens (including phenoxy) is 3. The van der Waals surface area contributed by atoms with Crippen LogP contribution in [0.2, 0.25) is 0 Å². The molecule has 0 aliphatic carbocycles. The Labute approximate surface area is 625 Å². The number of aliphatic hydroxyl groups is 2. The first kappa shape index (κ1) is 98.2. The average Bonchev–Trinajstić information content (AvgIpc) is 0.936. The average molecular weight is 1480 g/mol. The number of hydrogen-bond acceptors (Lipinski definition) is 14. The van der Waals surface area contributed by atoms with Gasteiger partial charge < -0.3 is 34.2 Å². The van der Waals surface area contributed by atoms with Gasteiger partial charge >= 0.3 is 33.6 Å². The van der Waals surface area contributed by atoms with Crippen molar-refractivity contribution in [1.82, 2.24) is 0 Å². The molecule has 0 aromatic rings. The Kier molecular flexibility index (Phi) is 73.2. The zero-order valence-corrected chi connectivity index (χ0v) is 66.0. The van der Waals surface area contributed by atoms with E-state index in [1.807, 2.05) is 12.2 Å². The Hall–Kier alpha value is -4.83. The second-order valence-electron chi connectivity index (χ2n) is 26.1. The molecule has 5 atom stereocenters. The van der Waals surface area contributed by atoms with Crippen LogP contribution in [0.3, 0.4) is 0 Å².